The molecule has 2 N–H and O–H groups in total. The SMILES string of the molecule is CC(C)(C)C(=O)NC(=S)N1CCNC(=O)[C@@H]1CC(=O)OCCCc1ccccc1. The van der Waals surface area contributed by atoms with Crippen LogP contribution in [0.4, 0.5) is 0 Å². The van der Waals surface area contributed by atoms with Gasteiger partial charge in [0.1, 0.15) is 6.04 Å². The second-order valence-corrected chi connectivity index (χ2v) is 8.41. The van der Waals surface area contributed by atoms with E-state index in [1.807, 2.05) is 30.3 Å². The fraction of sp³-hybridized carbons (Fsp3) is 0.524. The number of hydrogen-bond acceptors (Lipinski definition) is 5. The first-order valence-corrected chi connectivity index (χ1v) is 10.2. The molecule has 0 radical (unpaired) electrons. The third kappa shape index (κ3) is 7.12. The average Bonchev–Trinajstić information content (AvgIpc) is 2.67. The molecule has 7 nitrogen and oxygen atoms in total. The summed E-state index contributed by atoms with van der Waals surface area (Å²) >= 11 is 5.32. The van der Waals surface area contributed by atoms with E-state index in [2.05, 4.69) is 10.6 Å². The number of carbonyl (C=O) groups excluding carboxylic acids is 3. The number of carbonyl (C=O) groups is 3. The van der Waals surface area contributed by atoms with Gasteiger partial charge in [-0.15, -0.1) is 0 Å². The summed E-state index contributed by atoms with van der Waals surface area (Å²) in [4.78, 5) is 38.4. The van der Waals surface area contributed by atoms with Gasteiger partial charge >= 0.3 is 5.97 Å². The number of esters is 1. The van der Waals surface area contributed by atoms with Gasteiger partial charge in [-0.2, -0.15) is 0 Å². The molecule has 0 saturated carbocycles. The van der Waals surface area contributed by atoms with Gasteiger partial charge < -0.3 is 20.3 Å². The van der Waals surface area contributed by atoms with Crippen molar-refractivity contribution in [3.8, 4) is 0 Å². The van der Waals surface area contributed by atoms with E-state index in [9.17, 15) is 14.4 Å². The lowest BCUT2D eigenvalue weighted by Gasteiger charge is -2.36. The zero-order chi connectivity index (χ0) is 21.4. The van der Waals surface area contributed by atoms with E-state index in [0.717, 1.165) is 6.42 Å². The normalized spacial score (nSPS) is 16.7. The fourth-order valence-corrected chi connectivity index (χ4v) is 3.15. The lowest BCUT2D eigenvalue weighted by molar-refractivity contribution is -0.147. The third-order valence-corrected chi connectivity index (χ3v) is 4.91. The number of nitrogens with zero attached hydrogens (tertiary/aromatic N) is 1. The lowest BCUT2D eigenvalue weighted by Crippen LogP contribution is -2.61. The van der Waals surface area contributed by atoms with Crippen LogP contribution in [0.25, 0.3) is 0 Å². The number of ether oxygens (including phenoxy) is 1. The van der Waals surface area contributed by atoms with Gasteiger partial charge in [0.2, 0.25) is 11.8 Å². The highest BCUT2D eigenvalue weighted by molar-refractivity contribution is 7.80. The van der Waals surface area contributed by atoms with Crippen LogP contribution in [0.2, 0.25) is 0 Å². The number of piperazine rings is 1. The molecule has 0 aromatic heterocycles. The predicted molar refractivity (Wildman–Crippen MR) is 114 cm³/mol. The summed E-state index contributed by atoms with van der Waals surface area (Å²) < 4.78 is 5.30. The van der Waals surface area contributed by atoms with Crippen LogP contribution in [-0.4, -0.2) is 53.5 Å². The molecule has 0 bridgehead atoms. The Hall–Kier alpha value is -2.48. The first kappa shape index (κ1) is 22.8. The minimum atomic E-state index is -0.793. The number of thiocarbonyl (C=S) groups is 1. The minimum Gasteiger partial charge on any atom is -0.466 e. The molecule has 1 aliphatic heterocycles. The molecule has 29 heavy (non-hydrogen) atoms. The van der Waals surface area contributed by atoms with E-state index in [4.69, 9.17) is 17.0 Å². The van der Waals surface area contributed by atoms with Crippen molar-refractivity contribution in [2.75, 3.05) is 19.7 Å². The second kappa shape index (κ2) is 10.3. The molecule has 158 valence electrons. The summed E-state index contributed by atoms with van der Waals surface area (Å²) in [6.45, 7) is 6.43. The first-order chi connectivity index (χ1) is 13.7. The number of hydrogen-bond donors (Lipinski definition) is 2. The highest BCUT2D eigenvalue weighted by Gasteiger charge is 2.35. The van der Waals surface area contributed by atoms with Crippen molar-refractivity contribution in [1.82, 2.24) is 15.5 Å². The maximum Gasteiger partial charge on any atom is 0.308 e. The van der Waals surface area contributed by atoms with Gasteiger partial charge in [0, 0.05) is 18.5 Å². The topological polar surface area (TPSA) is 87.7 Å². The maximum absolute atomic E-state index is 12.3. The Morgan fingerprint density at radius 1 is 1.28 bits per heavy atom. The number of benzene rings is 1. The Morgan fingerprint density at radius 3 is 2.62 bits per heavy atom. The second-order valence-electron chi connectivity index (χ2n) is 8.02. The van der Waals surface area contributed by atoms with Crippen molar-refractivity contribution >= 4 is 35.1 Å². The van der Waals surface area contributed by atoms with Crippen molar-refractivity contribution < 1.29 is 19.1 Å². The highest BCUT2D eigenvalue weighted by Crippen LogP contribution is 2.15. The number of amides is 2. The summed E-state index contributed by atoms with van der Waals surface area (Å²) in [7, 11) is 0. The van der Waals surface area contributed by atoms with Gasteiger partial charge in [-0.05, 0) is 30.6 Å². The van der Waals surface area contributed by atoms with Crippen molar-refractivity contribution in [3.63, 3.8) is 0 Å². The summed E-state index contributed by atoms with van der Waals surface area (Å²) in [5.74, 6) is -1.00. The van der Waals surface area contributed by atoms with Crippen LogP contribution in [0.3, 0.4) is 0 Å². The summed E-state index contributed by atoms with van der Waals surface area (Å²) in [5, 5.41) is 5.56. The molecule has 1 fully saturated rings. The number of nitrogens with one attached hydrogen (secondary N) is 2. The smallest absolute Gasteiger partial charge is 0.308 e. The molecule has 1 aliphatic rings. The maximum atomic E-state index is 12.3. The van der Waals surface area contributed by atoms with E-state index in [-0.39, 0.29) is 30.0 Å². The van der Waals surface area contributed by atoms with Gasteiger partial charge in [0.05, 0.1) is 13.0 Å². The lowest BCUT2D eigenvalue weighted by atomic mass is 9.96. The van der Waals surface area contributed by atoms with Crippen LogP contribution in [0.5, 0.6) is 0 Å². The molecular formula is C21H29N3O4S. The van der Waals surface area contributed by atoms with Crippen molar-refractivity contribution in [2.45, 2.75) is 46.1 Å². The molecular weight excluding hydrogens is 390 g/mol. The third-order valence-electron chi connectivity index (χ3n) is 4.57. The Balaban J connectivity index is 1.86. The van der Waals surface area contributed by atoms with Gasteiger partial charge in [0.15, 0.2) is 5.11 Å². The minimum absolute atomic E-state index is 0.122. The molecule has 1 atom stereocenters. The number of rotatable bonds is 6. The standard InChI is InChI=1S/C21H29N3O4S/c1-21(2,3)19(27)23-20(29)24-12-11-22-18(26)16(24)14-17(25)28-13-7-10-15-8-5-4-6-9-15/h4-6,8-9,16H,7,10-14H2,1-3H3,(H,22,26)(H,23,27,29)/t16-/m0/s1. The molecule has 1 aromatic rings. The van der Waals surface area contributed by atoms with Crippen molar-refractivity contribution in [1.29, 1.82) is 0 Å². The van der Waals surface area contributed by atoms with E-state index >= 15 is 0 Å². The first-order valence-electron chi connectivity index (χ1n) is 9.78. The molecule has 1 aromatic carbocycles. The van der Waals surface area contributed by atoms with Crippen LogP contribution < -0.4 is 10.6 Å². The van der Waals surface area contributed by atoms with Gasteiger partial charge in [-0.25, -0.2) is 0 Å². The zero-order valence-corrected chi connectivity index (χ0v) is 18.0. The molecule has 8 heteroatoms. The number of aryl methyl sites for hydroxylation is 1. The Labute approximate surface area is 177 Å². The highest BCUT2D eigenvalue weighted by atomic mass is 32.1. The van der Waals surface area contributed by atoms with E-state index < -0.39 is 17.4 Å². The van der Waals surface area contributed by atoms with Crippen molar-refractivity contribution in [2.24, 2.45) is 5.41 Å². The summed E-state index contributed by atoms with van der Waals surface area (Å²) in [6.07, 6.45) is 1.40. The van der Waals surface area contributed by atoms with E-state index in [1.165, 1.54) is 5.56 Å². The fourth-order valence-electron chi connectivity index (χ4n) is 2.84. The Bertz CT molecular complexity index is 746. The van der Waals surface area contributed by atoms with Crippen LogP contribution in [-0.2, 0) is 25.5 Å². The van der Waals surface area contributed by atoms with Gasteiger partial charge in [0.25, 0.3) is 0 Å². The quantitative estimate of drug-likeness (QED) is 0.415. The van der Waals surface area contributed by atoms with Gasteiger partial charge in [-0.3, -0.25) is 14.4 Å². The van der Waals surface area contributed by atoms with Crippen LogP contribution >= 0.6 is 12.2 Å². The molecule has 0 aliphatic carbocycles. The molecule has 2 rings (SSSR count). The summed E-state index contributed by atoms with van der Waals surface area (Å²) in [6, 6.07) is 9.16. The van der Waals surface area contributed by atoms with Crippen molar-refractivity contribution in [3.05, 3.63) is 35.9 Å². The Kier molecular flexibility index (Phi) is 8.13. The molecule has 1 heterocycles. The molecule has 0 unspecified atom stereocenters. The Morgan fingerprint density at radius 2 is 1.97 bits per heavy atom. The van der Waals surface area contributed by atoms with E-state index in [1.54, 1.807) is 25.7 Å². The van der Waals surface area contributed by atoms with Crippen LogP contribution in [0, 0.1) is 5.41 Å². The molecule has 1 saturated heterocycles. The monoisotopic (exact) mass is 419 g/mol. The van der Waals surface area contributed by atoms with Crippen LogP contribution in [0.1, 0.15) is 39.2 Å². The van der Waals surface area contributed by atoms with Crippen LogP contribution in [0.15, 0.2) is 30.3 Å². The van der Waals surface area contributed by atoms with E-state index in [0.29, 0.717) is 19.5 Å². The molecule has 2 amide bonds. The summed E-state index contributed by atoms with van der Waals surface area (Å²) in [5.41, 5.74) is 0.566. The molecule has 0 spiro atoms. The largest absolute Gasteiger partial charge is 0.466 e. The average molecular weight is 420 g/mol. The van der Waals surface area contributed by atoms with Gasteiger partial charge in [-0.1, -0.05) is 51.1 Å². The zero-order valence-electron chi connectivity index (χ0n) is 17.2. The predicted octanol–water partition coefficient (Wildman–Crippen LogP) is 1.80.